The van der Waals surface area contributed by atoms with Crippen molar-refractivity contribution in [3.63, 3.8) is 0 Å². The van der Waals surface area contributed by atoms with Crippen molar-refractivity contribution in [1.29, 1.82) is 0 Å². The monoisotopic (exact) mass is 494 g/mol. The van der Waals surface area contributed by atoms with E-state index in [1.807, 2.05) is 42.9 Å². The average Bonchev–Trinajstić information content (AvgIpc) is 3.70. The van der Waals surface area contributed by atoms with Crippen LogP contribution in [0.2, 0.25) is 0 Å². The van der Waals surface area contributed by atoms with Crippen molar-refractivity contribution in [2.75, 3.05) is 13.1 Å². The van der Waals surface area contributed by atoms with Crippen molar-refractivity contribution < 1.29 is 4.39 Å². The summed E-state index contributed by atoms with van der Waals surface area (Å²) in [5.74, 6) is 0. The number of pyridine rings is 2. The van der Waals surface area contributed by atoms with Gasteiger partial charge >= 0.3 is 0 Å². The van der Waals surface area contributed by atoms with Gasteiger partial charge in [0.15, 0.2) is 5.13 Å². The number of H-pyrrole nitrogens is 2. The summed E-state index contributed by atoms with van der Waals surface area (Å²) in [5, 5.41) is 9.57. The van der Waals surface area contributed by atoms with Crippen molar-refractivity contribution in [1.82, 2.24) is 30.0 Å². The molecule has 7 rings (SSSR count). The highest BCUT2D eigenvalue weighted by atomic mass is 32.1. The minimum absolute atomic E-state index is 0.185. The molecule has 0 unspecified atom stereocenters. The maximum Gasteiger partial charge on any atom is 0.176 e. The van der Waals surface area contributed by atoms with E-state index >= 15 is 0 Å². The molecule has 2 N–H and O–H groups in total. The maximum absolute atomic E-state index is 13.7. The number of hydrogen-bond acceptors (Lipinski definition) is 5. The lowest BCUT2D eigenvalue weighted by Gasteiger charge is -2.14. The molecule has 1 aliphatic heterocycles. The van der Waals surface area contributed by atoms with Gasteiger partial charge in [-0.1, -0.05) is 12.1 Å². The molecule has 0 atom stereocenters. The third-order valence-electron chi connectivity index (χ3n) is 6.90. The quantitative estimate of drug-likeness (QED) is 0.282. The highest BCUT2D eigenvalue weighted by molar-refractivity contribution is 7.14. The molecule has 0 amide bonds. The average molecular weight is 495 g/mol. The molecule has 0 aliphatic carbocycles. The maximum atomic E-state index is 13.7. The predicted molar refractivity (Wildman–Crippen MR) is 142 cm³/mol. The molecule has 1 fully saturated rings. The van der Waals surface area contributed by atoms with Crippen LogP contribution in [0.25, 0.3) is 54.9 Å². The van der Waals surface area contributed by atoms with E-state index in [0.717, 1.165) is 85.9 Å². The molecule has 8 heteroatoms. The number of aromatic amines is 2. The predicted octanol–water partition coefficient (Wildman–Crippen LogP) is 6.63. The Hall–Kier alpha value is -3.88. The zero-order chi connectivity index (χ0) is 24.1. The van der Waals surface area contributed by atoms with Gasteiger partial charge in [0.2, 0.25) is 0 Å². The van der Waals surface area contributed by atoms with Gasteiger partial charge in [-0.15, -0.1) is 11.3 Å². The SMILES string of the molecule is Fc1ccc(-c2cccc3[nH]c(-c4n[nH]c5cnc(-c6cncc(CN7CCCC7)c6)cc45)cc23)s1. The van der Waals surface area contributed by atoms with Gasteiger partial charge < -0.3 is 4.98 Å². The molecule has 0 saturated carbocycles. The van der Waals surface area contributed by atoms with Crippen LogP contribution in [-0.4, -0.2) is 43.1 Å². The van der Waals surface area contributed by atoms with Gasteiger partial charge in [0.05, 0.1) is 23.1 Å². The second-order valence-corrected chi connectivity index (χ2v) is 10.3. The Kier molecular flexibility index (Phi) is 5.15. The molecule has 6 aromatic rings. The highest BCUT2D eigenvalue weighted by Gasteiger charge is 2.16. The first-order valence-electron chi connectivity index (χ1n) is 12.1. The number of hydrogen-bond donors (Lipinski definition) is 2. The van der Waals surface area contributed by atoms with Crippen molar-refractivity contribution >= 4 is 33.1 Å². The number of aromatic nitrogens is 5. The molecular weight excluding hydrogens is 471 g/mol. The summed E-state index contributed by atoms with van der Waals surface area (Å²) in [4.78, 5) is 16.1. The largest absolute Gasteiger partial charge is 0.353 e. The molecule has 0 bridgehead atoms. The van der Waals surface area contributed by atoms with Gasteiger partial charge in [-0.25, -0.2) is 0 Å². The molecule has 1 aliphatic rings. The van der Waals surface area contributed by atoms with Crippen LogP contribution in [0.3, 0.4) is 0 Å². The topological polar surface area (TPSA) is 73.5 Å². The number of likely N-dealkylation sites (tertiary alicyclic amines) is 1. The molecule has 1 saturated heterocycles. The zero-order valence-electron chi connectivity index (χ0n) is 19.5. The molecule has 6 heterocycles. The first-order chi connectivity index (χ1) is 17.7. The van der Waals surface area contributed by atoms with Crippen LogP contribution >= 0.6 is 11.3 Å². The first kappa shape index (κ1) is 21.4. The number of nitrogens with zero attached hydrogens (tertiary/aromatic N) is 4. The second kappa shape index (κ2) is 8.65. The summed E-state index contributed by atoms with van der Waals surface area (Å²) in [7, 11) is 0. The van der Waals surface area contributed by atoms with E-state index in [-0.39, 0.29) is 5.13 Å². The number of nitrogens with one attached hydrogen (secondary N) is 2. The lowest BCUT2D eigenvalue weighted by molar-refractivity contribution is 0.331. The van der Waals surface area contributed by atoms with Crippen molar-refractivity contribution in [2.24, 2.45) is 0 Å². The summed E-state index contributed by atoms with van der Waals surface area (Å²) in [5.41, 5.74) is 7.66. The normalized spacial score (nSPS) is 14.4. The van der Waals surface area contributed by atoms with Crippen molar-refractivity contribution in [2.45, 2.75) is 19.4 Å². The Morgan fingerprint density at radius 3 is 2.72 bits per heavy atom. The van der Waals surface area contributed by atoms with Gasteiger partial charge in [-0.05, 0) is 67.9 Å². The van der Waals surface area contributed by atoms with Crippen LogP contribution < -0.4 is 0 Å². The minimum atomic E-state index is -0.185. The fourth-order valence-corrected chi connectivity index (χ4v) is 5.92. The number of rotatable bonds is 5. The molecule has 0 spiro atoms. The van der Waals surface area contributed by atoms with E-state index in [9.17, 15) is 4.39 Å². The van der Waals surface area contributed by atoms with E-state index in [2.05, 4.69) is 48.2 Å². The Morgan fingerprint density at radius 2 is 1.86 bits per heavy atom. The Bertz CT molecular complexity index is 1710. The lowest BCUT2D eigenvalue weighted by atomic mass is 10.1. The van der Waals surface area contributed by atoms with Crippen LogP contribution in [0.1, 0.15) is 18.4 Å². The van der Waals surface area contributed by atoms with Crippen LogP contribution in [0.4, 0.5) is 4.39 Å². The van der Waals surface area contributed by atoms with Gasteiger partial charge in [-0.2, -0.15) is 9.49 Å². The standard InChI is InChI=1S/C28H23FN6S/c29-27-7-6-26(36-27)19-4-3-5-22-20(19)11-24(32-22)28-21-12-23(31-15-25(21)33-34-28)18-10-17(13-30-14-18)16-35-8-1-2-9-35/h3-7,10-15,32H,1-2,8-9,16H2,(H,33,34). The molecule has 0 radical (unpaired) electrons. The number of benzene rings is 1. The van der Waals surface area contributed by atoms with Crippen molar-refractivity contribution in [3.05, 3.63) is 77.8 Å². The highest BCUT2D eigenvalue weighted by Crippen LogP contribution is 2.37. The smallest absolute Gasteiger partial charge is 0.176 e. The summed E-state index contributed by atoms with van der Waals surface area (Å²) in [6.07, 6.45) is 8.20. The first-order valence-corrected chi connectivity index (χ1v) is 12.9. The fourth-order valence-electron chi connectivity index (χ4n) is 5.15. The van der Waals surface area contributed by atoms with Crippen LogP contribution in [0.5, 0.6) is 0 Å². The van der Waals surface area contributed by atoms with E-state index in [1.165, 1.54) is 24.5 Å². The van der Waals surface area contributed by atoms with Gasteiger partial charge in [0, 0.05) is 51.2 Å². The molecule has 6 nitrogen and oxygen atoms in total. The Balaban J connectivity index is 1.28. The third-order valence-corrected chi connectivity index (χ3v) is 7.81. The fraction of sp³-hybridized carbons (Fsp3) is 0.179. The number of halogens is 1. The molecular formula is C28H23FN6S. The summed E-state index contributed by atoms with van der Waals surface area (Å²) in [6.45, 7) is 3.23. The van der Waals surface area contributed by atoms with E-state index in [1.54, 1.807) is 0 Å². The lowest BCUT2D eigenvalue weighted by Crippen LogP contribution is -2.18. The van der Waals surface area contributed by atoms with E-state index < -0.39 is 0 Å². The number of thiophene rings is 1. The summed E-state index contributed by atoms with van der Waals surface area (Å²) >= 11 is 1.16. The second-order valence-electron chi connectivity index (χ2n) is 9.31. The van der Waals surface area contributed by atoms with Crippen molar-refractivity contribution in [3.8, 4) is 33.1 Å². The Morgan fingerprint density at radius 1 is 0.944 bits per heavy atom. The summed E-state index contributed by atoms with van der Waals surface area (Å²) < 4.78 is 13.7. The van der Waals surface area contributed by atoms with Gasteiger partial charge in [0.1, 0.15) is 5.69 Å². The number of fused-ring (bicyclic) bond motifs is 2. The van der Waals surface area contributed by atoms with Gasteiger partial charge in [-0.3, -0.25) is 20.0 Å². The van der Waals surface area contributed by atoms with E-state index in [4.69, 9.17) is 0 Å². The summed E-state index contributed by atoms with van der Waals surface area (Å²) in [6, 6.07) is 15.7. The van der Waals surface area contributed by atoms with E-state index in [0.29, 0.717) is 0 Å². The van der Waals surface area contributed by atoms with Crippen LogP contribution in [-0.2, 0) is 6.54 Å². The minimum Gasteiger partial charge on any atom is -0.353 e. The molecule has 5 aromatic heterocycles. The third kappa shape index (κ3) is 3.79. The van der Waals surface area contributed by atoms with Gasteiger partial charge in [0.25, 0.3) is 0 Å². The molecule has 36 heavy (non-hydrogen) atoms. The van der Waals surface area contributed by atoms with Crippen LogP contribution in [0.15, 0.2) is 67.1 Å². The molecule has 1 aromatic carbocycles. The molecule has 178 valence electrons. The zero-order valence-corrected chi connectivity index (χ0v) is 20.3. The Labute approximate surface area is 210 Å². The van der Waals surface area contributed by atoms with Crippen LogP contribution in [0, 0.1) is 5.13 Å².